The highest BCUT2D eigenvalue weighted by atomic mass is 35.5. The van der Waals surface area contributed by atoms with Crippen LogP contribution in [0.1, 0.15) is 36.3 Å². The van der Waals surface area contributed by atoms with Gasteiger partial charge in [-0.1, -0.05) is 37.0 Å². The summed E-state index contributed by atoms with van der Waals surface area (Å²) in [7, 11) is 0. The molecule has 0 aliphatic rings. The molecule has 7 nitrogen and oxygen atoms in total. The molecular weight excluding hydrogens is 446 g/mol. The maximum absolute atomic E-state index is 15.5. The molecular formula is C21H23Cl2FN4O3. The third kappa shape index (κ3) is 5.46. The molecule has 10 heteroatoms. The van der Waals surface area contributed by atoms with Gasteiger partial charge in [-0.3, -0.25) is 9.63 Å². The van der Waals surface area contributed by atoms with E-state index >= 15 is 4.39 Å². The third-order valence-corrected chi connectivity index (χ3v) is 5.14. The molecule has 3 aromatic rings. The van der Waals surface area contributed by atoms with Crippen LogP contribution in [0.3, 0.4) is 0 Å². The number of benzene rings is 1. The van der Waals surface area contributed by atoms with Gasteiger partial charge in [0.05, 0.1) is 35.2 Å². The molecule has 0 spiro atoms. The topological polar surface area (TPSA) is 87.9 Å². The van der Waals surface area contributed by atoms with Crippen LogP contribution in [0.5, 0.6) is 0 Å². The summed E-state index contributed by atoms with van der Waals surface area (Å²) < 4.78 is 17.1. The van der Waals surface area contributed by atoms with Crippen LogP contribution in [0.4, 0.5) is 15.8 Å². The van der Waals surface area contributed by atoms with Gasteiger partial charge in [0.15, 0.2) is 11.5 Å². The predicted molar refractivity (Wildman–Crippen MR) is 119 cm³/mol. The third-order valence-electron chi connectivity index (χ3n) is 4.59. The van der Waals surface area contributed by atoms with Gasteiger partial charge in [-0.2, -0.15) is 0 Å². The lowest BCUT2D eigenvalue weighted by molar-refractivity contribution is 0.0168. The fourth-order valence-corrected chi connectivity index (χ4v) is 3.44. The van der Waals surface area contributed by atoms with Crippen LogP contribution >= 0.6 is 23.2 Å². The highest BCUT2D eigenvalue weighted by Crippen LogP contribution is 2.33. The molecule has 3 rings (SSSR count). The van der Waals surface area contributed by atoms with Crippen LogP contribution in [0.15, 0.2) is 30.6 Å². The summed E-state index contributed by atoms with van der Waals surface area (Å²) in [5, 5.41) is 12.4. The number of anilines is 2. The number of hydroxylamine groups is 1. The Labute approximate surface area is 189 Å². The molecule has 2 heterocycles. The van der Waals surface area contributed by atoms with Crippen molar-refractivity contribution in [1.82, 2.24) is 14.9 Å². The number of hydrogen-bond acceptors (Lipinski definition) is 5. The summed E-state index contributed by atoms with van der Waals surface area (Å²) in [5.74, 6) is -0.944. The fraction of sp³-hybridized carbons (Fsp3) is 0.333. The molecule has 3 N–H and O–H groups in total. The van der Waals surface area contributed by atoms with E-state index in [1.54, 1.807) is 22.7 Å². The summed E-state index contributed by atoms with van der Waals surface area (Å²) in [6, 6.07) is 4.68. The van der Waals surface area contributed by atoms with Crippen LogP contribution in [0.25, 0.3) is 5.65 Å². The van der Waals surface area contributed by atoms with E-state index < -0.39 is 11.7 Å². The first-order valence-corrected chi connectivity index (χ1v) is 10.5. The number of rotatable bonds is 9. The molecule has 0 saturated carbocycles. The van der Waals surface area contributed by atoms with E-state index in [0.29, 0.717) is 23.0 Å². The van der Waals surface area contributed by atoms with Crippen LogP contribution in [-0.2, 0) is 11.3 Å². The molecule has 1 aromatic carbocycles. The van der Waals surface area contributed by atoms with E-state index in [1.807, 2.05) is 0 Å². The van der Waals surface area contributed by atoms with Crippen LogP contribution in [0.2, 0.25) is 10.0 Å². The summed E-state index contributed by atoms with van der Waals surface area (Å²) in [6.07, 6.45) is 4.67. The second kappa shape index (κ2) is 10.3. The number of hydrogen-bond donors (Lipinski definition) is 3. The van der Waals surface area contributed by atoms with Gasteiger partial charge in [0.25, 0.3) is 5.91 Å². The van der Waals surface area contributed by atoms with Gasteiger partial charge in [0.2, 0.25) is 0 Å². The van der Waals surface area contributed by atoms with Crippen LogP contribution in [-0.4, -0.2) is 33.6 Å². The smallest absolute Gasteiger partial charge is 0.278 e. The highest BCUT2D eigenvalue weighted by molar-refractivity contribution is 6.36. The maximum Gasteiger partial charge on any atom is 0.278 e. The molecule has 166 valence electrons. The number of aromatic nitrogens is 2. The first-order valence-electron chi connectivity index (χ1n) is 9.75. The molecule has 0 unspecified atom stereocenters. The van der Waals surface area contributed by atoms with Crippen molar-refractivity contribution in [2.24, 2.45) is 5.92 Å². The minimum absolute atomic E-state index is 0.0160. The Morgan fingerprint density at radius 1 is 1.35 bits per heavy atom. The van der Waals surface area contributed by atoms with Gasteiger partial charge in [-0.05, 0) is 37.0 Å². The molecule has 2 aromatic heterocycles. The fourth-order valence-electron chi connectivity index (χ4n) is 2.98. The molecule has 0 bridgehead atoms. The van der Waals surface area contributed by atoms with Crippen LogP contribution < -0.4 is 10.8 Å². The van der Waals surface area contributed by atoms with Crippen molar-refractivity contribution >= 4 is 46.1 Å². The van der Waals surface area contributed by atoms with Gasteiger partial charge >= 0.3 is 0 Å². The number of fused-ring (bicyclic) bond motifs is 1. The Morgan fingerprint density at radius 3 is 2.81 bits per heavy atom. The number of nitrogens with one attached hydrogen (secondary N) is 2. The summed E-state index contributed by atoms with van der Waals surface area (Å²) in [4.78, 5) is 21.9. The van der Waals surface area contributed by atoms with Crippen molar-refractivity contribution in [3.8, 4) is 0 Å². The Hall–Kier alpha value is -2.39. The lowest BCUT2D eigenvalue weighted by atomic mass is 10.1. The van der Waals surface area contributed by atoms with E-state index in [1.165, 1.54) is 12.3 Å². The van der Waals surface area contributed by atoms with Gasteiger partial charge in [-0.15, -0.1) is 0 Å². The number of halogens is 3. The molecule has 1 amide bonds. The van der Waals surface area contributed by atoms with Crippen molar-refractivity contribution in [1.29, 1.82) is 0 Å². The van der Waals surface area contributed by atoms with Gasteiger partial charge in [-0.25, -0.2) is 14.9 Å². The predicted octanol–water partition coefficient (Wildman–Crippen LogP) is 4.77. The number of nitrogens with zero attached hydrogens (tertiary/aromatic N) is 2. The van der Waals surface area contributed by atoms with Crippen molar-refractivity contribution in [2.45, 2.75) is 26.7 Å². The van der Waals surface area contributed by atoms with E-state index in [4.69, 9.17) is 33.1 Å². The molecule has 0 atom stereocenters. The molecule has 0 radical (unpaired) electrons. The number of aliphatic hydroxyl groups excluding tert-OH is 1. The second-order valence-corrected chi connectivity index (χ2v) is 8.20. The van der Waals surface area contributed by atoms with Gasteiger partial charge in [0, 0.05) is 23.1 Å². The normalized spacial score (nSPS) is 11.3. The molecule has 0 aliphatic carbocycles. The second-order valence-electron chi connectivity index (χ2n) is 7.36. The van der Waals surface area contributed by atoms with E-state index in [2.05, 4.69) is 29.6 Å². The van der Waals surface area contributed by atoms with Crippen LogP contribution in [0, 0.1) is 11.7 Å². The molecule has 0 aliphatic heterocycles. The van der Waals surface area contributed by atoms with Gasteiger partial charge < -0.3 is 14.8 Å². The largest absolute Gasteiger partial charge is 0.394 e. The molecule has 0 saturated heterocycles. The van der Waals surface area contributed by atoms with E-state index in [0.717, 1.165) is 12.1 Å². The summed E-state index contributed by atoms with van der Waals surface area (Å²) in [5.41, 5.74) is 3.32. The van der Waals surface area contributed by atoms with Crippen molar-refractivity contribution < 1.29 is 19.1 Å². The quantitative estimate of drug-likeness (QED) is 0.311. The Balaban J connectivity index is 2.08. The zero-order valence-corrected chi connectivity index (χ0v) is 18.6. The maximum atomic E-state index is 15.5. The monoisotopic (exact) mass is 468 g/mol. The number of carbonyl (C=O) groups is 1. The first kappa shape index (κ1) is 23.3. The van der Waals surface area contributed by atoms with Gasteiger partial charge in [0.1, 0.15) is 0 Å². The molecule has 0 fully saturated rings. The number of pyridine rings is 1. The Bertz CT molecular complexity index is 1090. The molecule has 31 heavy (non-hydrogen) atoms. The average Bonchev–Trinajstić information content (AvgIpc) is 3.13. The zero-order chi connectivity index (χ0) is 22.5. The number of imidazole rings is 1. The Kier molecular flexibility index (Phi) is 7.72. The standard InChI is InChI=1S/C21H23Cl2FN4O3/c1-12(2)3-5-14-10-25-20-18(24)19(26-17-6-4-13(22)9-16(17)23)15(11-28(14)20)21(30)27-31-8-7-29/h4,6,9-12,26,29H,3,5,7-8H2,1-2H3,(H,27,30). The summed E-state index contributed by atoms with van der Waals surface area (Å²) >= 11 is 12.2. The number of aryl methyl sites for hydroxylation is 1. The van der Waals surface area contributed by atoms with Crippen molar-refractivity contribution in [3.05, 3.63) is 57.7 Å². The minimum atomic E-state index is -0.711. The Morgan fingerprint density at radius 2 is 2.13 bits per heavy atom. The van der Waals surface area contributed by atoms with E-state index in [-0.39, 0.29) is 35.1 Å². The highest BCUT2D eigenvalue weighted by Gasteiger charge is 2.22. The minimum Gasteiger partial charge on any atom is -0.394 e. The van der Waals surface area contributed by atoms with Crippen molar-refractivity contribution in [2.75, 3.05) is 18.5 Å². The SMILES string of the molecule is CC(C)CCc1cnc2c(F)c(Nc3ccc(Cl)cc3Cl)c(C(=O)NOCCO)cn12. The number of aliphatic hydroxyl groups is 1. The summed E-state index contributed by atoms with van der Waals surface area (Å²) in [6.45, 7) is 3.81. The number of carbonyl (C=O) groups excluding carboxylic acids is 1. The lowest BCUT2D eigenvalue weighted by Gasteiger charge is -2.16. The number of amides is 1. The lowest BCUT2D eigenvalue weighted by Crippen LogP contribution is -2.26. The first-order chi connectivity index (χ1) is 14.8. The van der Waals surface area contributed by atoms with E-state index in [9.17, 15) is 4.79 Å². The zero-order valence-electron chi connectivity index (χ0n) is 17.1. The van der Waals surface area contributed by atoms with Crippen molar-refractivity contribution in [3.63, 3.8) is 0 Å². The average molecular weight is 469 g/mol.